The van der Waals surface area contributed by atoms with Crippen LogP contribution >= 0.6 is 0 Å². The summed E-state index contributed by atoms with van der Waals surface area (Å²) in [5.74, 6) is 1.65. The largest absolute Gasteiger partial charge is 0.352 e. The normalized spacial score (nSPS) is 14.0. The second-order valence-electron chi connectivity index (χ2n) is 7.85. The van der Waals surface area contributed by atoms with Crippen LogP contribution in [0.4, 0.5) is 17.3 Å². The number of hydrogen-bond donors (Lipinski definition) is 1. The second kappa shape index (κ2) is 8.53. The van der Waals surface area contributed by atoms with E-state index < -0.39 is 0 Å². The van der Waals surface area contributed by atoms with Crippen molar-refractivity contribution in [2.24, 2.45) is 0 Å². The molecule has 154 valence electrons. The van der Waals surface area contributed by atoms with E-state index >= 15 is 0 Å². The SMILES string of the molecule is Cc1ccc(Nc2ccc(N3CCN(C(=O)c4ccc(C)c(C)c4)CC3)nn2)cc1. The summed E-state index contributed by atoms with van der Waals surface area (Å²) in [5, 5.41) is 11.9. The third kappa shape index (κ3) is 4.43. The van der Waals surface area contributed by atoms with E-state index in [1.807, 2.05) is 54.3 Å². The van der Waals surface area contributed by atoms with Crippen molar-refractivity contribution in [2.45, 2.75) is 20.8 Å². The van der Waals surface area contributed by atoms with Crippen molar-refractivity contribution in [2.75, 3.05) is 36.4 Å². The van der Waals surface area contributed by atoms with Crippen molar-refractivity contribution in [3.8, 4) is 0 Å². The fraction of sp³-hybridized carbons (Fsp3) is 0.292. The number of nitrogens with zero attached hydrogens (tertiary/aromatic N) is 4. The van der Waals surface area contributed by atoms with E-state index in [1.165, 1.54) is 11.1 Å². The molecule has 2 heterocycles. The number of anilines is 3. The van der Waals surface area contributed by atoms with Crippen molar-refractivity contribution in [1.29, 1.82) is 0 Å². The molecule has 1 saturated heterocycles. The minimum atomic E-state index is 0.0986. The van der Waals surface area contributed by atoms with Gasteiger partial charge in [-0.2, -0.15) is 0 Å². The van der Waals surface area contributed by atoms with Gasteiger partial charge in [-0.1, -0.05) is 23.8 Å². The number of amides is 1. The molecule has 1 aliphatic rings. The number of aromatic nitrogens is 2. The van der Waals surface area contributed by atoms with E-state index in [0.717, 1.165) is 35.7 Å². The molecule has 0 bridgehead atoms. The van der Waals surface area contributed by atoms with Gasteiger partial charge in [0, 0.05) is 37.4 Å². The highest BCUT2D eigenvalue weighted by atomic mass is 16.2. The predicted molar refractivity (Wildman–Crippen MR) is 121 cm³/mol. The van der Waals surface area contributed by atoms with Gasteiger partial charge in [0.2, 0.25) is 0 Å². The first kappa shape index (κ1) is 19.9. The maximum atomic E-state index is 12.8. The number of hydrogen-bond acceptors (Lipinski definition) is 5. The summed E-state index contributed by atoms with van der Waals surface area (Å²) in [5.41, 5.74) is 5.32. The molecule has 0 unspecified atom stereocenters. The average molecular weight is 402 g/mol. The average Bonchev–Trinajstić information content (AvgIpc) is 2.77. The van der Waals surface area contributed by atoms with Crippen LogP contribution in [0.5, 0.6) is 0 Å². The molecule has 30 heavy (non-hydrogen) atoms. The van der Waals surface area contributed by atoms with Crippen LogP contribution in [0.3, 0.4) is 0 Å². The Kier molecular flexibility index (Phi) is 5.65. The van der Waals surface area contributed by atoms with Crippen LogP contribution in [0, 0.1) is 20.8 Å². The summed E-state index contributed by atoms with van der Waals surface area (Å²) in [6.07, 6.45) is 0. The molecule has 4 rings (SSSR count). The smallest absolute Gasteiger partial charge is 0.253 e. The zero-order valence-corrected chi connectivity index (χ0v) is 17.7. The van der Waals surface area contributed by atoms with Gasteiger partial charge in [0.05, 0.1) is 0 Å². The van der Waals surface area contributed by atoms with Gasteiger partial charge in [0.15, 0.2) is 11.6 Å². The van der Waals surface area contributed by atoms with Crippen molar-refractivity contribution < 1.29 is 4.79 Å². The molecule has 1 N–H and O–H groups in total. The minimum Gasteiger partial charge on any atom is -0.352 e. The summed E-state index contributed by atoms with van der Waals surface area (Å²) in [7, 11) is 0. The Balaban J connectivity index is 1.35. The van der Waals surface area contributed by atoms with Crippen LogP contribution in [0.15, 0.2) is 54.6 Å². The topological polar surface area (TPSA) is 61.4 Å². The monoisotopic (exact) mass is 401 g/mol. The zero-order chi connectivity index (χ0) is 21.1. The van der Waals surface area contributed by atoms with Gasteiger partial charge in [-0.3, -0.25) is 4.79 Å². The lowest BCUT2D eigenvalue weighted by atomic mass is 10.1. The first-order valence-electron chi connectivity index (χ1n) is 10.3. The Hall–Kier alpha value is -3.41. The summed E-state index contributed by atoms with van der Waals surface area (Å²) in [4.78, 5) is 16.9. The molecular formula is C24H27N5O. The third-order valence-corrected chi connectivity index (χ3v) is 5.62. The number of carbonyl (C=O) groups excluding carboxylic acids is 1. The van der Waals surface area contributed by atoms with E-state index in [2.05, 4.69) is 46.4 Å². The Morgan fingerprint density at radius 2 is 1.57 bits per heavy atom. The van der Waals surface area contributed by atoms with Gasteiger partial charge in [0.25, 0.3) is 5.91 Å². The van der Waals surface area contributed by atoms with Gasteiger partial charge < -0.3 is 15.1 Å². The highest BCUT2D eigenvalue weighted by Crippen LogP contribution is 2.19. The van der Waals surface area contributed by atoms with Crippen LogP contribution in [0.25, 0.3) is 0 Å². The number of rotatable bonds is 4. The zero-order valence-electron chi connectivity index (χ0n) is 17.7. The molecule has 6 heteroatoms. The van der Waals surface area contributed by atoms with Gasteiger partial charge >= 0.3 is 0 Å². The second-order valence-corrected chi connectivity index (χ2v) is 7.85. The van der Waals surface area contributed by atoms with E-state index in [4.69, 9.17) is 0 Å². The maximum absolute atomic E-state index is 12.8. The highest BCUT2D eigenvalue weighted by Gasteiger charge is 2.23. The summed E-state index contributed by atoms with van der Waals surface area (Å²) < 4.78 is 0. The minimum absolute atomic E-state index is 0.0986. The molecule has 6 nitrogen and oxygen atoms in total. The molecule has 1 aromatic heterocycles. The Morgan fingerprint density at radius 3 is 2.20 bits per heavy atom. The molecular weight excluding hydrogens is 374 g/mol. The number of nitrogens with one attached hydrogen (secondary N) is 1. The lowest BCUT2D eigenvalue weighted by molar-refractivity contribution is 0.0746. The lowest BCUT2D eigenvalue weighted by Crippen LogP contribution is -2.49. The summed E-state index contributed by atoms with van der Waals surface area (Å²) in [6.45, 7) is 9.01. The van der Waals surface area contributed by atoms with Crippen molar-refractivity contribution in [3.63, 3.8) is 0 Å². The fourth-order valence-electron chi connectivity index (χ4n) is 3.54. The van der Waals surface area contributed by atoms with Crippen molar-refractivity contribution >= 4 is 23.2 Å². The molecule has 0 radical (unpaired) electrons. The van der Waals surface area contributed by atoms with E-state index in [0.29, 0.717) is 18.9 Å². The highest BCUT2D eigenvalue weighted by molar-refractivity contribution is 5.94. The number of carbonyl (C=O) groups is 1. The number of aryl methyl sites for hydroxylation is 3. The maximum Gasteiger partial charge on any atom is 0.253 e. The van der Waals surface area contributed by atoms with Gasteiger partial charge in [-0.15, -0.1) is 10.2 Å². The van der Waals surface area contributed by atoms with Crippen LogP contribution in [0.2, 0.25) is 0 Å². The summed E-state index contributed by atoms with van der Waals surface area (Å²) >= 11 is 0. The number of piperazine rings is 1. The number of benzene rings is 2. The molecule has 0 aliphatic carbocycles. The Labute approximate surface area is 177 Å². The van der Waals surface area contributed by atoms with Crippen molar-refractivity contribution in [3.05, 3.63) is 76.9 Å². The van der Waals surface area contributed by atoms with Crippen molar-refractivity contribution in [1.82, 2.24) is 15.1 Å². The summed E-state index contributed by atoms with van der Waals surface area (Å²) in [6, 6.07) is 18.0. The molecule has 1 fully saturated rings. The standard InChI is InChI=1S/C24H27N5O/c1-17-4-8-21(9-5-17)25-22-10-11-23(27-26-22)28-12-14-29(15-13-28)24(30)20-7-6-18(2)19(3)16-20/h4-11,16H,12-15H2,1-3H3,(H,25,26). The van der Waals surface area contributed by atoms with E-state index in [-0.39, 0.29) is 5.91 Å². The Bertz CT molecular complexity index is 1020. The third-order valence-electron chi connectivity index (χ3n) is 5.62. The van der Waals surface area contributed by atoms with Gasteiger partial charge in [-0.25, -0.2) is 0 Å². The molecule has 0 saturated carbocycles. The molecule has 1 amide bonds. The van der Waals surface area contributed by atoms with E-state index in [9.17, 15) is 4.79 Å². The fourth-order valence-corrected chi connectivity index (χ4v) is 3.54. The van der Waals surface area contributed by atoms with Gasteiger partial charge in [-0.05, 0) is 68.3 Å². The van der Waals surface area contributed by atoms with Crippen LogP contribution in [0.1, 0.15) is 27.0 Å². The molecule has 0 spiro atoms. The van der Waals surface area contributed by atoms with Crippen LogP contribution in [-0.2, 0) is 0 Å². The predicted octanol–water partition coefficient (Wildman–Crippen LogP) is 4.11. The molecule has 0 atom stereocenters. The lowest BCUT2D eigenvalue weighted by Gasteiger charge is -2.35. The quantitative estimate of drug-likeness (QED) is 0.713. The first-order chi connectivity index (χ1) is 14.5. The van der Waals surface area contributed by atoms with Crippen LogP contribution < -0.4 is 10.2 Å². The van der Waals surface area contributed by atoms with Crippen LogP contribution in [-0.4, -0.2) is 47.2 Å². The Morgan fingerprint density at radius 1 is 0.833 bits per heavy atom. The van der Waals surface area contributed by atoms with E-state index in [1.54, 1.807) is 0 Å². The molecule has 3 aromatic rings. The van der Waals surface area contributed by atoms with Gasteiger partial charge in [0.1, 0.15) is 0 Å². The first-order valence-corrected chi connectivity index (χ1v) is 10.3. The molecule has 2 aromatic carbocycles. The molecule has 1 aliphatic heterocycles.